The molecule has 3 heterocycles. The summed E-state index contributed by atoms with van der Waals surface area (Å²) in [6.07, 6.45) is -0.934. The van der Waals surface area contributed by atoms with E-state index < -0.39 is 74.4 Å². The fourth-order valence-corrected chi connectivity index (χ4v) is 7.38. The maximum Gasteiger partial charge on any atom is 0.357 e. The van der Waals surface area contributed by atoms with Gasteiger partial charge < -0.3 is 32.8 Å². The van der Waals surface area contributed by atoms with Gasteiger partial charge in [0.05, 0.1) is 18.2 Å². The zero-order chi connectivity index (χ0) is 31.4. The van der Waals surface area contributed by atoms with Crippen molar-refractivity contribution in [1.29, 1.82) is 0 Å². The highest BCUT2D eigenvalue weighted by Gasteiger charge is 2.53. The fourth-order valence-electron chi connectivity index (χ4n) is 4.39. The van der Waals surface area contributed by atoms with E-state index in [9.17, 15) is 28.8 Å². The van der Waals surface area contributed by atoms with Crippen LogP contribution in [0.5, 0.6) is 0 Å². The van der Waals surface area contributed by atoms with Crippen LogP contribution in [0.25, 0.3) is 10.9 Å². The van der Waals surface area contributed by atoms with Gasteiger partial charge in [0.1, 0.15) is 12.7 Å². The van der Waals surface area contributed by atoms with Crippen molar-refractivity contribution in [2.45, 2.75) is 51.7 Å². The summed E-state index contributed by atoms with van der Waals surface area (Å²) < 4.78 is 34.3. The molecule has 5 atom stereocenters. The van der Waals surface area contributed by atoms with Gasteiger partial charge in [-0.2, -0.15) is 0 Å². The molecule has 0 spiro atoms. The van der Waals surface area contributed by atoms with Crippen LogP contribution in [-0.4, -0.2) is 76.7 Å². The minimum absolute atomic E-state index is 0.0224. The second kappa shape index (κ2) is 13.4. The van der Waals surface area contributed by atoms with Crippen LogP contribution in [0.15, 0.2) is 35.8 Å². The highest BCUT2D eigenvalue weighted by Crippen LogP contribution is 2.58. The predicted molar refractivity (Wildman–Crippen MR) is 149 cm³/mol. The predicted octanol–water partition coefficient (Wildman–Crippen LogP) is 3.31. The number of thiazole rings is 1. The first-order valence-corrected chi connectivity index (χ1v) is 15.0. The summed E-state index contributed by atoms with van der Waals surface area (Å²) in [7, 11) is -1.07. The molecule has 4 rings (SSSR count). The van der Waals surface area contributed by atoms with Crippen molar-refractivity contribution < 1.29 is 57.0 Å². The maximum atomic E-state index is 13.6. The van der Waals surface area contributed by atoms with Gasteiger partial charge in [0.15, 0.2) is 30.9 Å². The third-order valence-corrected chi connectivity index (χ3v) is 9.10. The Hall–Kier alpha value is -4.20. The zero-order valence-electron chi connectivity index (χ0n) is 23.6. The molecule has 2 aromatic heterocycles. The Morgan fingerprint density at radius 2 is 1.63 bits per heavy atom. The molecule has 3 aromatic rings. The van der Waals surface area contributed by atoms with Gasteiger partial charge in [-0.05, 0) is 6.07 Å². The summed E-state index contributed by atoms with van der Waals surface area (Å²) in [4.78, 5) is 77.9. The van der Waals surface area contributed by atoms with Crippen LogP contribution in [0.3, 0.4) is 0 Å². The first-order chi connectivity index (χ1) is 20.4. The molecule has 16 heteroatoms. The lowest BCUT2D eigenvalue weighted by Gasteiger charge is -2.44. The van der Waals surface area contributed by atoms with Gasteiger partial charge in [0.25, 0.3) is 0 Å². The Morgan fingerprint density at radius 1 is 0.953 bits per heavy atom. The SMILES string of the molecule is COC(=O)c1csc(C(=O)c2cn(C3OC(COC(C)=O)C(OC(C)=O)P(OC(C)=O)C3OC(C)=O)c3ccccc23)n1. The molecule has 1 aliphatic rings. The quantitative estimate of drug-likeness (QED) is 0.145. The molecule has 1 aromatic carbocycles. The van der Waals surface area contributed by atoms with Crippen molar-refractivity contribution in [2.24, 2.45) is 0 Å². The lowest BCUT2D eigenvalue weighted by atomic mass is 10.1. The number of ether oxygens (including phenoxy) is 5. The Labute approximate surface area is 250 Å². The average Bonchev–Trinajstić information content (AvgIpc) is 3.59. The van der Waals surface area contributed by atoms with Crippen LogP contribution in [0.4, 0.5) is 0 Å². The molecule has 5 unspecified atom stereocenters. The third kappa shape index (κ3) is 7.07. The number of para-hydroxylation sites is 1. The number of hydrogen-bond donors (Lipinski definition) is 0. The monoisotopic (exact) mass is 634 g/mol. The maximum absolute atomic E-state index is 13.6. The smallest absolute Gasteiger partial charge is 0.357 e. The summed E-state index contributed by atoms with van der Waals surface area (Å²) >= 11 is 0.959. The van der Waals surface area contributed by atoms with E-state index in [0.29, 0.717) is 10.9 Å². The van der Waals surface area contributed by atoms with Crippen molar-refractivity contribution in [3.63, 3.8) is 0 Å². The fraction of sp³-hybridized carbons (Fsp3) is 0.370. The zero-order valence-corrected chi connectivity index (χ0v) is 25.3. The molecule has 1 saturated heterocycles. The van der Waals surface area contributed by atoms with Crippen LogP contribution >= 0.6 is 19.5 Å². The molecule has 228 valence electrons. The average molecular weight is 635 g/mol. The molecular formula is C27H27N2O12PS. The van der Waals surface area contributed by atoms with Crippen LogP contribution in [-0.2, 0) is 47.4 Å². The summed E-state index contributed by atoms with van der Waals surface area (Å²) in [5.74, 6) is -6.67. The van der Waals surface area contributed by atoms with E-state index in [1.165, 1.54) is 30.2 Å². The summed E-state index contributed by atoms with van der Waals surface area (Å²) in [5.41, 5.74) is 0.622. The van der Waals surface area contributed by atoms with E-state index >= 15 is 0 Å². The number of nitrogens with zero attached hydrogens (tertiary/aromatic N) is 2. The third-order valence-electron chi connectivity index (χ3n) is 5.99. The van der Waals surface area contributed by atoms with Crippen molar-refractivity contribution in [2.75, 3.05) is 13.7 Å². The van der Waals surface area contributed by atoms with Crippen LogP contribution in [0, 0.1) is 0 Å². The number of carbonyl (C=O) groups is 6. The van der Waals surface area contributed by atoms with E-state index in [1.807, 2.05) is 0 Å². The number of ketones is 1. The molecule has 0 N–H and O–H groups in total. The molecule has 0 bridgehead atoms. The molecule has 14 nitrogen and oxygen atoms in total. The van der Waals surface area contributed by atoms with Crippen LogP contribution in [0.2, 0.25) is 0 Å². The number of rotatable bonds is 9. The van der Waals surface area contributed by atoms with Gasteiger partial charge in [0.2, 0.25) is 11.6 Å². The molecular weight excluding hydrogens is 607 g/mol. The van der Waals surface area contributed by atoms with Gasteiger partial charge in [-0.3, -0.25) is 24.0 Å². The summed E-state index contributed by atoms with van der Waals surface area (Å²) in [5, 5.41) is 1.90. The Morgan fingerprint density at radius 3 is 2.26 bits per heavy atom. The van der Waals surface area contributed by atoms with E-state index in [-0.39, 0.29) is 16.3 Å². The largest absolute Gasteiger partial charge is 0.464 e. The lowest BCUT2D eigenvalue weighted by Crippen LogP contribution is -2.48. The summed E-state index contributed by atoms with van der Waals surface area (Å²) in [6.45, 7) is 4.21. The highest BCUT2D eigenvalue weighted by atomic mass is 32.1. The lowest BCUT2D eigenvalue weighted by molar-refractivity contribution is -0.188. The minimum atomic E-state index is -2.27. The van der Waals surface area contributed by atoms with Crippen molar-refractivity contribution in [3.05, 3.63) is 52.1 Å². The van der Waals surface area contributed by atoms with Gasteiger partial charge in [0, 0.05) is 44.7 Å². The first-order valence-electron chi connectivity index (χ1n) is 12.7. The van der Waals surface area contributed by atoms with Gasteiger partial charge in [-0.25, -0.2) is 9.78 Å². The Bertz CT molecular complexity index is 1580. The van der Waals surface area contributed by atoms with Gasteiger partial charge in [-0.1, -0.05) is 18.2 Å². The second-order valence-electron chi connectivity index (χ2n) is 9.14. The molecule has 0 saturated carbocycles. The van der Waals surface area contributed by atoms with Crippen molar-refractivity contribution >= 4 is 66.0 Å². The molecule has 0 amide bonds. The highest BCUT2D eigenvalue weighted by molar-refractivity contribution is 7.54. The number of esters is 4. The van der Waals surface area contributed by atoms with E-state index in [1.54, 1.807) is 24.3 Å². The van der Waals surface area contributed by atoms with E-state index in [2.05, 4.69) is 9.72 Å². The molecule has 43 heavy (non-hydrogen) atoms. The molecule has 1 aliphatic heterocycles. The topological polar surface area (TPSA) is 176 Å². The van der Waals surface area contributed by atoms with Crippen molar-refractivity contribution in [1.82, 2.24) is 9.55 Å². The number of hydrogen-bond acceptors (Lipinski definition) is 14. The minimum Gasteiger partial charge on any atom is -0.464 e. The van der Waals surface area contributed by atoms with Crippen molar-refractivity contribution in [3.8, 4) is 0 Å². The first kappa shape index (κ1) is 31.7. The van der Waals surface area contributed by atoms with E-state index in [0.717, 1.165) is 32.1 Å². The number of aromatic nitrogens is 2. The van der Waals surface area contributed by atoms with Gasteiger partial charge >= 0.3 is 29.8 Å². The number of methoxy groups -OCH3 is 1. The standard InChI is InChI=1S/C27H27N2O12PS/c1-13(30)37-11-21-26(38-14(2)31)42(41-16(4)33)27(39-15(3)32)24(40-21)29-10-18(17-8-6-7-9-20(17)29)22(34)23-28-19(12-43-23)25(35)36-5/h6-10,12,21,24,26-27H,11H2,1-5H3. The number of benzene rings is 1. The van der Waals surface area contributed by atoms with Crippen LogP contribution < -0.4 is 0 Å². The Balaban J connectivity index is 1.86. The summed E-state index contributed by atoms with van der Waals surface area (Å²) in [6, 6.07) is 6.80. The number of fused-ring (bicyclic) bond motifs is 1. The van der Waals surface area contributed by atoms with Crippen LogP contribution in [0.1, 0.15) is 59.8 Å². The molecule has 0 aliphatic carbocycles. The Kier molecular flexibility index (Phi) is 9.89. The van der Waals surface area contributed by atoms with E-state index in [4.69, 9.17) is 23.5 Å². The molecule has 1 fully saturated rings. The molecule has 0 radical (unpaired) electrons. The normalized spacial score (nSPS) is 21.5. The van der Waals surface area contributed by atoms with Gasteiger partial charge in [-0.15, -0.1) is 11.3 Å². The number of carbonyl (C=O) groups excluding carboxylic acids is 6. The second-order valence-corrected chi connectivity index (χ2v) is 11.9.